The summed E-state index contributed by atoms with van der Waals surface area (Å²) in [5.74, 6) is -1.22. The number of benzene rings is 4. The van der Waals surface area contributed by atoms with Gasteiger partial charge in [-0.25, -0.2) is 0 Å². The van der Waals surface area contributed by atoms with Crippen LogP contribution in [0.2, 0.25) is 0 Å². The SMILES string of the molecule is O=C(OC(=O)c1ccccc1[Se]c1ccccc1)c1ccccc1[Se]c1ccccc1. The summed E-state index contributed by atoms with van der Waals surface area (Å²) >= 11 is -0.123. The summed E-state index contributed by atoms with van der Waals surface area (Å²) in [7, 11) is 0. The Morgan fingerprint density at radius 2 is 0.839 bits per heavy atom. The average Bonchev–Trinajstić information content (AvgIpc) is 2.81. The second-order valence-corrected chi connectivity index (χ2v) is 11.2. The normalized spacial score (nSPS) is 10.5. The topological polar surface area (TPSA) is 43.4 Å². The third kappa shape index (κ3) is 5.61. The molecule has 0 N–H and O–H groups in total. The summed E-state index contributed by atoms with van der Waals surface area (Å²) in [6.45, 7) is 0. The summed E-state index contributed by atoms with van der Waals surface area (Å²) in [6, 6.07) is 34.6. The van der Waals surface area contributed by atoms with Crippen LogP contribution in [0.1, 0.15) is 20.7 Å². The minimum atomic E-state index is -0.611. The number of carbonyl (C=O) groups excluding carboxylic acids is 2. The second-order valence-electron chi connectivity index (χ2n) is 6.50. The Bertz CT molecular complexity index is 1100. The molecule has 152 valence electrons. The Hall–Kier alpha value is -2.94. The monoisotopic (exact) mass is 538 g/mol. The van der Waals surface area contributed by atoms with E-state index in [1.54, 1.807) is 24.3 Å². The van der Waals surface area contributed by atoms with Crippen LogP contribution in [-0.2, 0) is 4.74 Å². The van der Waals surface area contributed by atoms with Crippen LogP contribution in [0, 0.1) is 0 Å². The molecule has 0 radical (unpaired) electrons. The van der Waals surface area contributed by atoms with Gasteiger partial charge in [-0.15, -0.1) is 0 Å². The molecule has 0 saturated carbocycles. The van der Waals surface area contributed by atoms with Gasteiger partial charge in [0.25, 0.3) is 0 Å². The molecule has 0 unspecified atom stereocenters. The molecule has 0 fully saturated rings. The van der Waals surface area contributed by atoms with Crippen molar-refractivity contribution in [2.45, 2.75) is 0 Å². The second kappa shape index (κ2) is 10.4. The Morgan fingerprint density at radius 3 is 1.26 bits per heavy atom. The van der Waals surface area contributed by atoms with Gasteiger partial charge < -0.3 is 0 Å². The van der Waals surface area contributed by atoms with E-state index in [1.807, 2.05) is 84.9 Å². The number of hydrogen-bond donors (Lipinski definition) is 0. The predicted molar refractivity (Wildman–Crippen MR) is 126 cm³/mol. The Balaban J connectivity index is 1.53. The van der Waals surface area contributed by atoms with E-state index in [4.69, 9.17) is 4.74 Å². The van der Waals surface area contributed by atoms with Gasteiger partial charge in [-0.05, 0) is 0 Å². The zero-order valence-electron chi connectivity index (χ0n) is 16.4. The van der Waals surface area contributed by atoms with E-state index in [0.717, 1.165) is 17.8 Å². The van der Waals surface area contributed by atoms with E-state index in [-0.39, 0.29) is 29.9 Å². The molecule has 0 heterocycles. The molecule has 0 amide bonds. The van der Waals surface area contributed by atoms with Crippen LogP contribution < -0.4 is 17.8 Å². The standard InChI is InChI=1S/C26H18O3Se2/c27-25(21-15-7-9-17-23(21)30-19-11-3-1-4-12-19)29-26(28)22-16-8-10-18-24(22)31-20-13-5-2-6-14-20/h1-18H. The fourth-order valence-electron chi connectivity index (χ4n) is 2.87. The summed E-state index contributed by atoms with van der Waals surface area (Å²) in [5.41, 5.74) is 0.872. The molecule has 0 atom stereocenters. The first-order chi connectivity index (χ1) is 15.2. The van der Waals surface area contributed by atoms with Crippen LogP contribution >= 0.6 is 0 Å². The fourth-order valence-corrected chi connectivity index (χ4v) is 6.88. The first-order valence-corrected chi connectivity index (χ1v) is 13.0. The van der Waals surface area contributed by atoms with Crippen molar-refractivity contribution >= 4 is 59.7 Å². The minimum absolute atomic E-state index is 0.0613. The van der Waals surface area contributed by atoms with E-state index in [1.165, 1.54) is 0 Å². The summed E-state index contributed by atoms with van der Waals surface area (Å²) < 4.78 is 9.40. The zero-order chi connectivity index (χ0) is 21.5. The van der Waals surface area contributed by atoms with Crippen molar-refractivity contribution in [3.63, 3.8) is 0 Å². The number of carbonyl (C=O) groups is 2. The molecule has 0 aliphatic rings. The van der Waals surface area contributed by atoms with Gasteiger partial charge in [-0.1, -0.05) is 0 Å². The van der Waals surface area contributed by atoms with Crippen LogP contribution in [0.15, 0.2) is 109 Å². The Kier molecular flexibility index (Phi) is 7.14. The predicted octanol–water partition coefficient (Wildman–Crippen LogP) is 1.99. The first-order valence-electron chi connectivity index (χ1n) is 9.61. The van der Waals surface area contributed by atoms with Gasteiger partial charge in [-0.3, -0.25) is 0 Å². The first kappa shape index (κ1) is 21.3. The molecule has 0 saturated heterocycles. The van der Waals surface area contributed by atoms with Crippen LogP contribution in [0.25, 0.3) is 0 Å². The Labute approximate surface area is 193 Å². The molecule has 4 aromatic carbocycles. The molecular weight excluding hydrogens is 518 g/mol. The molecule has 4 aromatic rings. The van der Waals surface area contributed by atoms with Crippen molar-refractivity contribution in [3.8, 4) is 0 Å². The van der Waals surface area contributed by atoms with E-state index in [0.29, 0.717) is 11.1 Å². The molecule has 4 rings (SSSR count). The molecule has 0 spiro atoms. The zero-order valence-corrected chi connectivity index (χ0v) is 19.9. The van der Waals surface area contributed by atoms with Crippen molar-refractivity contribution in [2.75, 3.05) is 0 Å². The molecule has 0 bridgehead atoms. The van der Waals surface area contributed by atoms with Gasteiger partial charge in [0.1, 0.15) is 0 Å². The van der Waals surface area contributed by atoms with Crippen LogP contribution in [0.3, 0.4) is 0 Å². The summed E-state index contributed by atoms with van der Waals surface area (Å²) in [4.78, 5) is 25.8. The van der Waals surface area contributed by atoms with Gasteiger partial charge in [-0.2, -0.15) is 0 Å². The van der Waals surface area contributed by atoms with Gasteiger partial charge in [0.05, 0.1) is 0 Å². The number of esters is 2. The third-order valence-electron chi connectivity index (χ3n) is 4.34. The molecule has 31 heavy (non-hydrogen) atoms. The van der Waals surface area contributed by atoms with Gasteiger partial charge >= 0.3 is 194 Å². The maximum atomic E-state index is 12.9. The molecule has 0 aromatic heterocycles. The van der Waals surface area contributed by atoms with Crippen molar-refractivity contribution in [2.24, 2.45) is 0 Å². The molecular formula is C26H18O3Se2. The number of ether oxygens (including phenoxy) is 1. The van der Waals surface area contributed by atoms with Gasteiger partial charge in [0, 0.05) is 0 Å². The van der Waals surface area contributed by atoms with Crippen LogP contribution in [0.5, 0.6) is 0 Å². The summed E-state index contributed by atoms with van der Waals surface area (Å²) in [6.07, 6.45) is 0. The van der Waals surface area contributed by atoms with Gasteiger partial charge in [0.15, 0.2) is 0 Å². The van der Waals surface area contributed by atoms with Crippen molar-refractivity contribution in [1.29, 1.82) is 0 Å². The quantitative estimate of drug-likeness (QED) is 0.215. The van der Waals surface area contributed by atoms with Crippen molar-refractivity contribution in [1.82, 2.24) is 0 Å². The van der Waals surface area contributed by atoms with Crippen LogP contribution in [0.4, 0.5) is 0 Å². The molecule has 0 aliphatic heterocycles. The average molecular weight is 536 g/mol. The molecule has 5 heteroatoms. The number of hydrogen-bond acceptors (Lipinski definition) is 3. The number of rotatable bonds is 6. The molecule has 3 nitrogen and oxygen atoms in total. The van der Waals surface area contributed by atoms with Crippen molar-refractivity contribution < 1.29 is 14.3 Å². The molecule has 0 aliphatic carbocycles. The fraction of sp³-hybridized carbons (Fsp3) is 0. The maximum absolute atomic E-state index is 12.9. The van der Waals surface area contributed by atoms with Crippen LogP contribution in [-0.4, -0.2) is 41.9 Å². The summed E-state index contributed by atoms with van der Waals surface area (Å²) in [5, 5.41) is 0. The van der Waals surface area contributed by atoms with E-state index in [9.17, 15) is 9.59 Å². The van der Waals surface area contributed by atoms with E-state index < -0.39 is 11.9 Å². The third-order valence-corrected chi connectivity index (χ3v) is 8.89. The van der Waals surface area contributed by atoms with E-state index in [2.05, 4.69) is 0 Å². The van der Waals surface area contributed by atoms with E-state index >= 15 is 0 Å². The Morgan fingerprint density at radius 1 is 0.484 bits per heavy atom. The van der Waals surface area contributed by atoms with Crippen molar-refractivity contribution in [3.05, 3.63) is 120 Å². The van der Waals surface area contributed by atoms with Gasteiger partial charge in [0.2, 0.25) is 0 Å².